The van der Waals surface area contributed by atoms with Crippen molar-refractivity contribution in [3.05, 3.63) is 53.9 Å². The molecule has 0 aliphatic carbocycles. The number of hydrogen-bond donors (Lipinski definition) is 1. The number of anilines is 1. The van der Waals surface area contributed by atoms with Gasteiger partial charge in [-0.05, 0) is 85.0 Å². The van der Waals surface area contributed by atoms with E-state index in [1.807, 2.05) is 0 Å². The molecule has 2 saturated heterocycles. The molecule has 2 aromatic carbocycles. The van der Waals surface area contributed by atoms with Crippen molar-refractivity contribution in [1.29, 1.82) is 0 Å². The number of rotatable bonds is 3. The van der Waals surface area contributed by atoms with Gasteiger partial charge in [0.1, 0.15) is 0 Å². The number of benzene rings is 2. The van der Waals surface area contributed by atoms with E-state index in [0.29, 0.717) is 6.04 Å². The fourth-order valence-electron chi connectivity index (χ4n) is 4.67. The Kier molecular flexibility index (Phi) is 3.79. The lowest BCUT2D eigenvalue weighted by Crippen LogP contribution is -2.44. The van der Waals surface area contributed by atoms with Crippen molar-refractivity contribution in [3.63, 3.8) is 0 Å². The molecule has 0 radical (unpaired) electrons. The van der Waals surface area contributed by atoms with E-state index in [9.17, 15) is 0 Å². The molecule has 1 N–H and O–H groups in total. The van der Waals surface area contributed by atoms with Crippen LogP contribution in [0.4, 0.5) is 5.69 Å². The fourth-order valence-corrected chi connectivity index (χ4v) is 5.44. The quantitative estimate of drug-likeness (QED) is 0.662. The minimum absolute atomic E-state index is 0.627. The lowest BCUT2D eigenvalue weighted by molar-refractivity contribution is 0.169. The van der Waals surface area contributed by atoms with Gasteiger partial charge in [-0.15, -0.1) is 11.3 Å². The van der Waals surface area contributed by atoms with E-state index in [2.05, 4.69) is 71.2 Å². The van der Waals surface area contributed by atoms with Gasteiger partial charge in [0, 0.05) is 28.5 Å². The third-order valence-electron chi connectivity index (χ3n) is 6.14. The smallest absolute Gasteiger partial charge is 0.0343 e. The Bertz CT molecular complexity index is 868. The Labute approximate surface area is 153 Å². The number of thiophene rings is 1. The largest absolute Gasteiger partial charge is 0.382 e. The lowest BCUT2D eigenvalue weighted by Gasteiger charge is -2.37. The van der Waals surface area contributed by atoms with E-state index in [-0.39, 0.29) is 0 Å². The van der Waals surface area contributed by atoms with E-state index in [4.69, 9.17) is 0 Å². The number of hydrogen-bond acceptors (Lipinski definition) is 3. The van der Waals surface area contributed by atoms with Crippen molar-refractivity contribution in [1.82, 2.24) is 4.90 Å². The zero-order valence-electron chi connectivity index (χ0n) is 14.6. The average molecular weight is 349 g/mol. The Morgan fingerprint density at radius 2 is 1.64 bits per heavy atom. The van der Waals surface area contributed by atoms with Gasteiger partial charge >= 0.3 is 0 Å². The van der Waals surface area contributed by atoms with Crippen LogP contribution in [0.15, 0.2) is 53.9 Å². The molecule has 5 rings (SSSR count). The molecule has 2 fully saturated rings. The maximum atomic E-state index is 3.78. The second-order valence-electron chi connectivity index (χ2n) is 7.61. The Balaban J connectivity index is 1.31. The molecule has 3 heterocycles. The molecule has 2 nitrogen and oxygen atoms in total. The summed E-state index contributed by atoms with van der Waals surface area (Å²) in [5.74, 6) is 0. The molecule has 128 valence electrons. The number of nitrogens with zero attached hydrogens (tertiary/aromatic N) is 1. The summed E-state index contributed by atoms with van der Waals surface area (Å²) < 4.78 is 1.36. The van der Waals surface area contributed by atoms with Crippen molar-refractivity contribution < 1.29 is 0 Å². The summed E-state index contributed by atoms with van der Waals surface area (Å²) in [6, 6.07) is 20.1. The van der Waals surface area contributed by atoms with Crippen LogP contribution in [0.5, 0.6) is 0 Å². The van der Waals surface area contributed by atoms with Crippen LogP contribution in [0.1, 0.15) is 25.7 Å². The van der Waals surface area contributed by atoms with Gasteiger partial charge in [0.25, 0.3) is 0 Å². The van der Waals surface area contributed by atoms with Gasteiger partial charge in [0.2, 0.25) is 0 Å². The summed E-state index contributed by atoms with van der Waals surface area (Å²) in [4.78, 5) is 2.60. The molecule has 2 unspecified atom stereocenters. The van der Waals surface area contributed by atoms with Crippen LogP contribution in [-0.2, 0) is 0 Å². The minimum atomic E-state index is 0.627. The van der Waals surface area contributed by atoms with Gasteiger partial charge in [-0.25, -0.2) is 0 Å². The summed E-state index contributed by atoms with van der Waals surface area (Å²) in [7, 11) is 2.30. The maximum absolute atomic E-state index is 3.78. The zero-order valence-corrected chi connectivity index (χ0v) is 15.4. The van der Waals surface area contributed by atoms with Crippen molar-refractivity contribution in [3.8, 4) is 11.1 Å². The van der Waals surface area contributed by atoms with Crippen molar-refractivity contribution in [2.24, 2.45) is 0 Å². The normalized spacial score (nSPS) is 26.2. The molecule has 25 heavy (non-hydrogen) atoms. The minimum Gasteiger partial charge on any atom is -0.382 e. The van der Waals surface area contributed by atoms with Gasteiger partial charge in [0.05, 0.1) is 0 Å². The molecular weight excluding hydrogens is 324 g/mol. The second kappa shape index (κ2) is 6.15. The molecule has 2 bridgehead atoms. The molecule has 0 amide bonds. The van der Waals surface area contributed by atoms with Crippen molar-refractivity contribution in [2.45, 2.75) is 43.8 Å². The SMILES string of the molecule is CN1C2CCC1CC(Nc1ccc(-c3ccc4sccc4c3)cc1)C2. The van der Waals surface area contributed by atoms with E-state index in [1.165, 1.54) is 52.6 Å². The van der Waals surface area contributed by atoms with Gasteiger partial charge in [-0.3, -0.25) is 0 Å². The highest BCUT2D eigenvalue weighted by Gasteiger charge is 2.38. The second-order valence-corrected chi connectivity index (χ2v) is 8.56. The summed E-state index contributed by atoms with van der Waals surface area (Å²) >= 11 is 1.81. The highest BCUT2D eigenvalue weighted by Crippen LogP contribution is 2.35. The van der Waals surface area contributed by atoms with Gasteiger partial charge in [-0.2, -0.15) is 0 Å². The fraction of sp³-hybridized carbons (Fsp3) is 0.364. The topological polar surface area (TPSA) is 15.3 Å². The van der Waals surface area contributed by atoms with Crippen LogP contribution < -0.4 is 5.32 Å². The van der Waals surface area contributed by atoms with Crippen molar-refractivity contribution in [2.75, 3.05) is 12.4 Å². The highest BCUT2D eigenvalue weighted by molar-refractivity contribution is 7.17. The highest BCUT2D eigenvalue weighted by atomic mass is 32.1. The van der Waals surface area contributed by atoms with E-state index >= 15 is 0 Å². The standard InChI is InChI=1S/C22H24N2S/c1-24-20-7-8-21(24)14-19(13-20)23-18-5-2-15(3-6-18)16-4-9-22-17(12-16)10-11-25-22/h2-6,9-12,19-21,23H,7-8,13-14H2,1H3. The first-order valence-corrected chi connectivity index (χ1v) is 10.2. The molecule has 3 aromatic rings. The Morgan fingerprint density at radius 1 is 0.920 bits per heavy atom. The van der Waals surface area contributed by atoms with Crippen LogP contribution in [0.3, 0.4) is 0 Å². The lowest BCUT2D eigenvalue weighted by atomic mass is 9.97. The van der Waals surface area contributed by atoms with Crippen LogP contribution in [0, 0.1) is 0 Å². The molecule has 2 atom stereocenters. The Morgan fingerprint density at radius 3 is 2.40 bits per heavy atom. The maximum Gasteiger partial charge on any atom is 0.0343 e. The first-order chi connectivity index (χ1) is 12.3. The average Bonchev–Trinajstić information content (AvgIpc) is 3.16. The number of fused-ring (bicyclic) bond motifs is 3. The zero-order chi connectivity index (χ0) is 16.8. The van der Waals surface area contributed by atoms with E-state index in [1.54, 1.807) is 11.3 Å². The summed E-state index contributed by atoms with van der Waals surface area (Å²) in [6.07, 6.45) is 5.32. The first-order valence-electron chi connectivity index (χ1n) is 9.32. The van der Waals surface area contributed by atoms with Crippen LogP contribution >= 0.6 is 11.3 Å². The van der Waals surface area contributed by atoms with Gasteiger partial charge in [-0.1, -0.05) is 18.2 Å². The van der Waals surface area contributed by atoms with E-state index < -0.39 is 0 Å². The molecule has 2 aliphatic rings. The van der Waals surface area contributed by atoms with Crippen LogP contribution in [0.2, 0.25) is 0 Å². The summed E-state index contributed by atoms with van der Waals surface area (Å²) in [5.41, 5.74) is 3.85. The van der Waals surface area contributed by atoms with Gasteiger partial charge in [0.15, 0.2) is 0 Å². The third kappa shape index (κ3) is 2.86. The Hall–Kier alpha value is -1.84. The molecule has 0 spiro atoms. The number of piperidine rings is 1. The molecular formula is C22H24N2S. The molecule has 0 saturated carbocycles. The van der Waals surface area contributed by atoms with Crippen molar-refractivity contribution >= 4 is 27.1 Å². The summed E-state index contributed by atoms with van der Waals surface area (Å²) in [5, 5.41) is 7.28. The predicted molar refractivity (Wildman–Crippen MR) is 108 cm³/mol. The summed E-state index contributed by atoms with van der Waals surface area (Å²) in [6.45, 7) is 0. The van der Waals surface area contributed by atoms with Crippen LogP contribution in [0.25, 0.3) is 21.2 Å². The van der Waals surface area contributed by atoms with Gasteiger partial charge < -0.3 is 10.2 Å². The monoisotopic (exact) mass is 348 g/mol. The third-order valence-corrected chi connectivity index (χ3v) is 7.04. The number of nitrogens with one attached hydrogen (secondary N) is 1. The molecule has 1 aromatic heterocycles. The van der Waals surface area contributed by atoms with Crippen LogP contribution in [-0.4, -0.2) is 30.1 Å². The molecule has 3 heteroatoms. The predicted octanol–water partition coefficient (Wildman–Crippen LogP) is 5.61. The van der Waals surface area contributed by atoms with E-state index in [0.717, 1.165) is 12.1 Å². The molecule has 2 aliphatic heterocycles. The first kappa shape index (κ1) is 15.4.